The number of fused-ring (bicyclic) bond motifs is 1. The zero-order valence-electron chi connectivity index (χ0n) is 16.5. The van der Waals surface area contributed by atoms with Gasteiger partial charge in [0, 0.05) is 48.5 Å². The number of nitrogens with zero attached hydrogens (tertiary/aromatic N) is 4. The van der Waals surface area contributed by atoms with Gasteiger partial charge in [0.15, 0.2) is 0 Å². The molecule has 1 unspecified atom stereocenters. The predicted molar refractivity (Wildman–Crippen MR) is 119 cm³/mol. The molecule has 0 aliphatic carbocycles. The molecule has 1 amide bonds. The molecular weight excluding hydrogens is 411 g/mol. The largest absolute Gasteiger partial charge is 0.328 e. The summed E-state index contributed by atoms with van der Waals surface area (Å²) >= 11 is 0. The second-order valence-electron chi connectivity index (χ2n) is 6.92. The van der Waals surface area contributed by atoms with Crippen LogP contribution in [0, 0.1) is 0 Å². The molecule has 4 rings (SSSR count). The van der Waals surface area contributed by atoms with Gasteiger partial charge in [-0.1, -0.05) is 0 Å². The molecule has 2 N–H and O–H groups in total. The summed E-state index contributed by atoms with van der Waals surface area (Å²) in [6.45, 7) is 1.03. The fraction of sp³-hybridized carbons (Fsp3) is 0.350. The molecule has 3 aromatic rings. The lowest BCUT2D eigenvalue weighted by molar-refractivity contribution is -0.118. The van der Waals surface area contributed by atoms with Gasteiger partial charge in [-0.25, -0.2) is 4.98 Å². The van der Waals surface area contributed by atoms with Crippen LogP contribution in [0.25, 0.3) is 11.4 Å². The van der Waals surface area contributed by atoms with E-state index < -0.39 is 6.04 Å². The van der Waals surface area contributed by atoms with Crippen molar-refractivity contribution in [3.63, 3.8) is 0 Å². The highest BCUT2D eigenvalue weighted by Crippen LogP contribution is 2.26. The number of anilines is 1. The van der Waals surface area contributed by atoms with Crippen LogP contribution in [0.5, 0.6) is 0 Å². The van der Waals surface area contributed by atoms with Crippen molar-refractivity contribution in [3.05, 3.63) is 54.1 Å². The Balaban J connectivity index is 0.00000150. The number of benzene rings is 1. The maximum Gasteiger partial charge on any atom is 0.246 e. The van der Waals surface area contributed by atoms with Crippen LogP contribution >= 0.6 is 24.8 Å². The van der Waals surface area contributed by atoms with Crippen LogP contribution in [0.1, 0.15) is 30.1 Å². The van der Waals surface area contributed by atoms with Crippen molar-refractivity contribution in [1.29, 1.82) is 0 Å². The molecule has 2 aromatic heterocycles. The molecule has 1 aliphatic rings. The maximum atomic E-state index is 12.6. The van der Waals surface area contributed by atoms with Gasteiger partial charge in [0.25, 0.3) is 0 Å². The van der Waals surface area contributed by atoms with Crippen LogP contribution in [0.3, 0.4) is 0 Å². The monoisotopic (exact) mass is 436 g/mol. The molecule has 0 saturated heterocycles. The number of carbonyl (C=O) groups excluding carboxylic acids is 1. The van der Waals surface area contributed by atoms with E-state index in [9.17, 15) is 4.79 Å². The third kappa shape index (κ3) is 4.80. The smallest absolute Gasteiger partial charge is 0.246 e. The lowest BCUT2D eigenvalue weighted by Crippen LogP contribution is -2.30. The van der Waals surface area contributed by atoms with Crippen LogP contribution in [0.4, 0.5) is 5.69 Å². The Morgan fingerprint density at radius 3 is 2.55 bits per heavy atom. The van der Waals surface area contributed by atoms with Crippen LogP contribution < -0.4 is 10.6 Å². The molecule has 0 saturated carbocycles. The average Bonchev–Trinajstić information content (AvgIpc) is 3.29. The Morgan fingerprint density at radius 2 is 1.90 bits per heavy atom. The first-order chi connectivity index (χ1) is 13.2. The first-order valence-electron chi connectivity index (χ1n) is 9.27. The lowest BCUT2D eigenvalue weighted by atomic mass is 10.1. The van der Waals surface area contributed by atoms with E-state index in [0.29, 0.717) is 0 Å². The highest BCUT2D eigenvalue weighted by Gasteiger charge is 2.20. The zero-order chi connectivity index (χ0) is 18.8. The maximum absolute atomic E-state index is 12.6. The number of amides is 1. The highest BCUT2D eigenvalue weighted by atomic mass is 35.5. The predicted octanol–water partition coefficient (Wildman–Crippen LogP) is 3.36. The van der Waals surface area contributed by atoms with E-state index in [1.165, 1.54) is 18.5 Å². The van der Waals surface area contributed by atoms with Crippen molar-refractivity contribution in [1.82, 2.24) is 24.6 Å². The number of halogens is 2. The Hall–Kier alpha value is -2.35. The number of hydrogen-bond donors (Lipinski definition) is 2. The highest BCUT2D eigenvalue weighted by molar-refractivity contribution is 5.95. The van der Waals surface area contributed by atoms with Crippen LogP contribution in [0.2, 0.25) is 0 Å². The molecule has 9 heteroatoms. The van der Waals surface area contributed by atoms with E-state index in [-0.39, 0.29) is 30.7 Å². The summed E-state index contributed by atoms with van der Waals surface area (Å²) < 4.78 is 3.99. The van der Waals surface area contributed by atoms with Gasteiger partial charge in [-0.15, -0.1) is 24.8 Å². The number of nitrogens with one attached hydrogen (secondary N) is 2. The number of hydrogen-bond acceptors (Lipinski definition) is 4. The molecule has 7 nitrogen and oxygen atoms in total. The second kappa shape index (κ2) is 9.91. The molecule has 0 bridgehead atoms. The number of aromatic nitrogens is 4. The Kier molecular flexibility index (Phi) is 7.84. The van der Waals surface area contributed by atoms with Gasteiger partial charge in [0.2, 0.25) is 5.91 Å². The summed E-state index contributed by atoms with van der Waals surface area (Å²) in [6.07, 6.45) is 9.05. The van der Waals surface area contributed by atoms with Gasteiger partial charge in [-0.05, 0) is 50.6 Å². The molecule has 156 valence electrons. The van der Waals surface area contributed by atoms with Gasteiger partial charge in [0.1, 0.15) is 11.9 Å². The van der Waals surface area contributed by atoms with E-state index in [1.54, 1.807) is 17.9 Å². The summed E-state index contributed by atoms with van der Waals surface area (Å²) in [7, 11) is 3.60. The Morgan fingerprint density at radius 1 is 1.14 bits per heavy atom. The molecular formula is C20H26Cl2N6O. The zero-order valence-corrected chi connectivity index (χ0v) is 18.1. The first kappa shape index (κ1) is 22.9. The van der Waals surface area contributed by atoms with Crippen molar-refractivity contribution in [2.24, 2.45) is 7.05 Å². The van der Waals surface area contributed by atoms with E-state index in [4.69, 9.17) is 0 Å². The molecule has 0 radical (unpaired) electrons. The molecule has 0 fully saturated rings. The molecule has 1 atom stereocenters. The fourth-order valence-corrected chi connectivity index (χ4v) is 3.62. The minimum atomic E-state index is -0.447. The van der Waals surface area contributed by atoms with Gasteiger partial charge < -0.3 is 15.2 Å². The van der Waals surface area contributed by atoms with Crippen molar-refractivity contribution < 1.29 is 4.79 Å². The summed E-state index contributed by atoms with van der Waals surface area (Å²) in [5.41, 5.74) is 3.97. The topological polar surface area (TPSA) is 76.8 Å². The third-order valence-electron chi connectivity index (χ3n) is 5.02. The van der Waals surface area contributed by atoms with Gasteiger partial charge >= 0.3 is 0 Å². The van der Waals surface area contributed by atoms with Crippen LogP contribution in [-0.4, -0.2) is 32.3 Å². The molecule has 1 aromatic carbocycles. The summed E-state index contributed by atoms with van der Waals surface area (Å²) in [5.74, 6) is 0.891. The summed E-state index contributed by atoms with van der Waals surface area (Å²) in [5, 5.41) is 10.1. The van der Waals surface area contributed by atoms with Gasteiger partial charge in [-0.3, -0.25) is 9.48 Å². The molecule has 0 spiro atoms. The third-order valence-corrected chi connectivity index (χ3v) is 5.02. The minimum Gasteiger partial charge on any atom is -0.328 e. The van der Waals surface area contributed by atoms with Gasteiger partial charge in [-0.2, -0.15) is 5.10 Å². The number of likely N-dealkylation sites (N-methyl/N-ethyl adjacent to an activating group) is 1. The summed E-state index contributed by atoms with van der Waals surface area (Å²) in [4.78, 5) is 17.2. The standard InChI is InChI=1S/C20H24N6O.2ClH/c1-21-18(15-11-23-25(2)13-15)20(27)24-16-8-6-14(7-9-16)19-22-12-17-5-3-4-10-26(17)19;;/h6-9,11-13,18,21H,3-5,10H2,1-2H3,(H,24,27);2*1H. The summed E-state index contributed by atoms with van der Waals surface area (Å²) in [6, 6.07) is 7.43. The quantitative estimate of drug-likeness (QED) is 0.642. The van der Waals surface area contributed by atoms with Crippen LogP contribution in [0.15, 0.2) is 42.9 Å². The van der Waals surface area contributed by atoms with Crippen molar-refractivity contribution in [2.45, 2.75) is 31.8 Å². The molecule has 1 aliphatic heterocycles. The SMILES string of the molecule is CNC(C(=O)Nc1ccc(-c2ncc3n2CCCC3)cc1)c1cnn(C)c1.Cl.Cl. The van der Waals surface area contributed by atoms with Crippen molar-refractivity contribution in [2.75, 3.05) is 12.4 Å². The number of carbonyl (C=O) groups is 1. The van der Waals surface area contributed by atoms with E-state index in [0.717, 1.165) is 35.6 Å². The number of rotatable bonds is 5. The fourth-order valence-electron chi connectivity index (χ4n) is 3.62. The normalized spacial score (nSPS) is 13.6. The second-order valence-corrected chi connectivity index (χ2v) is 6.92. The molecule has 29 heavy (non-hydrogen) atoms. The first-order valence-corrected chi connectivity index (χ1v) is 9.27. The van der Waals surface area contributed by atoms with Crippen molar-refractivity contribution in [3.8, 4) is 11.4 Å². The van der Waals surface area contributed by atoms with Gasteiger partial charge in [0.05, 0.1) is 6.20 Å². The van der Waals surface area contributed by atoms with E-state index >= 15 is 0 Å². The Labute approximate surface area is 182 Å². The number of aryl methyl sites for hydroxylation is 2. The van der Waals surface area contributed by atoms with E-state index in [2.05, 4.69) is 25.3 Å². The minimum absolute atomic E-state index is 0. The Bertz CT molecular complexity index is 950. The average molecular weight is 437 g/mol. The van der Waals surface area contributed by atoms with Crippen LogP contribution in [-0.2, 0) is 24.8 Å². The van der Waals surface area contributed by atoms with E-state index in [1.807, 2.05) is 43.7 Å². The molecule has 3 heterocycles. The lowest BCUT2D eigenvalue weighted by Gasteiger charge is -2.17. The van der Waals surface area contributed by atoms with Crippen molar-refractivity contribution >= 4 is 36.4 Å². The number of imidazole rings is 1.